The molecule has 22 heavy (non-hydrogen) atoms. The van der Waals surface area contributed by atoms with Crippen molar-refractivity contribution in [3.63, 3.8) is 0 Å². The fourth-order valence-corrected chi connectivity index (χ4v) is 2.94. The number of hydrogen-bond acceptors (Lipinski definition) is 6. The highest BCUT2D eigenvalue weighted by Gasteiger charge is 2.28. The van der Waals surface area contributed by atoms with Gasteiger partial charge in [0.25, 0.3) is 0 Å². The molecule has 0 bridgehead atoms. The van der Waals surface area contributed by atoms with Crippen molar-refractivity contribution in [2.75, 3.05) is 27.3 Å². The Hall–Kier alpha value is -1.70. The minimum absolute atomic E-state index is 0.00363. The zero-order chi connectivity index (χ0) is 16.1. The van der Waals surface area contributed by atoms with Crippen molar-refractivity contribution >= 4 is 5.69 Å². The average Bonchev–Trinajstić information content (AvgIpc) is 2.55. The third-order valence-electron chi connectivity index (χ3n) is 4.22. The molecule has 1 aromatic rings. The lowest BCUT2D eigenvalue weighted by atomic mass is 9.98. The summed E-state index contributed by atoms with van der Waals surface area (Å²) in [5, 5.41) is 11.1. The van der Waals surface area contributed by atoms with Gasteiger partial charge in [-0.3, -0.25) is 15.0 Å². The van der Waals surface area contributed by atoms with Crippen LogP contribution >= 0.6 is 0 Å². The lowest BCUT2D eigenvalue weighted by Gasteiger charge is -2.38. The van der Waals surface area contributed by atoms with Crippen LogP contribution in [-0.2, 0) is 11.3 Å². The van der Waals surface area contributed by atoms with Gasteiger partial charge in [-0.15, -0.1) is 0 Å². The summed E-state index contributed by atoms with van der Waals surface area (Å²) in [4.78, 5) is 13.0. The summed E-state index contributed by atoms with van der Waals surface area (Å²) < 4.78 is 10.4. The Morgan fingerprint density at radius 3 is 2.82 bits per heavy atom. The molecule has 2 rings (SSSR count). The van der Waals surface area contributed by atoms with Crippen molar-refractivity contribution < 1.29 is 14.4 Å². The first-order valence-electron chi connectivity index (χ1n) is 7.37. The number of nitro benzene ring substituents is 1. The van der Waals surface area contributed by atoms with Crippen molar-refractivity contribution in [3.05, 3.63) is 33.9 Å². The number of nitrogens with two attached hydrogens (primary N) is 1. The molecule has 1 aliphatic rings. The molecule has 122 valence electrons. The molecule has 0 aliphatic carbocycles. The number of ether oxygens (including phenoxy) is 2. The van der Waals surface area contributed by atoms with E-state index in [0.717, 1.165) is 24.9 Å². The highest BCUT2D eigenvalue weighted by atomic mass is 16.6. The number of hydrogen-bond donors (Lipinski definition) is 1. The molecule has 0 aromatic heterocycles. The van der Waals surface area contributed by atoms with Crippen LogP contribution in [0.4, 0.5) is 5.69 Å². The number of benzene rings is 1. The van der Waals surface area contributed by atoms with Crippen molar-refractivity contribution in [3.8, 4) is 5.75 Å². The second kappa shape index (κ2) is 7.53. The van der Waals surface area contributed by atoms with E-state index in [1.807, 2.05) is 6.07 Å². The van der Waals surface area contributed by atoms with E-state index in [1.54, 1.807) is 19.2 Å². The van der Waals surface area contributed by atoms with Gasteiger partial charge >= 0.3 is 5.69 Å². The zero-order valence-corrected chi connectivity index (χ0v) is 13.0. The van der Waals surface area contributed by atoms with E-state index in [2.05, 4.69) is 4.90 Å². The molecule has 7 heteroatoms. The maximum absolute atomic E-state index is 11.1. The Bertz CT molecular complexity index is 524. The minimum Gasteiger partial charge on any atom is -0.490 e. The number of rotatable bonds is 6. The molecule has 0 spiro atoms. The molecule has 1 aliphatic heterocycles. The van der Waals surface area contributed by atoms with E-state index < -0.39 is 4.92 Å². The molecule has 2 unspecified atom stereocenters. The van der Waals surface area contributed by atoms with E-state index in [0.29, 0.717) is 13.1 Å². The van der Waals surface area contributed by atoms with Crippen LogP contribution in [0.2, 0.25) is 0 Å². The van der Waals surface area contributed by atoms with Crippen LogP contribution in [0, 0.1) is 10.1 Å². The molecular formula is C15H23N3O4. The molecular weight excluding hydrogens is 286 g/mol. The Morgan fingerprint density at radius 1 is 1.45 bits per heavy atom. The topological polar surface area (TPSA) is 90.9 Å². The van der Waals surface area contributed by atoms with Crippen LogP contribution in [0.25, 0.3) is 0 Å². The molecule has 0 amide bonds. The molecule has 1 saturated heterocycles. The van der Waals surface area contributed by atoms with Crippen LogP contribution < -0.4 is 10.5 Å². The van der Waals surface area contributed by atoms with Gasteiger partial charge in [0, 0.05) is 38.9 Å². The van der Waals surface area contributed by atoms with E-state index in [-0.39, 0.29) is 23.6 Å². The molecule has 1 heterocycles. The Kier molecular flexibility index (Phi) is 5.70. The van der Waals surface area contributed by atoms with Gasteiger partial charge in [-0.25, -0.2) is 0 Å². The van der Waals surface area contributed by atoms with Gasteiger partial charge < -0.3 is 15.2 Å². The first-order valence-corrected chi connectivity index (χ1v) is 7.37. The monoisotopic (exact) mass is 309 g/mol. The smallest absolute Gasteiger partial charge is 0.311 e. The van der Waals surface area contributed by atoms with E-state index in [9.17, 15) is 10.1 Å². The number of methoxy groups -OCH3 is 2. The average molecular weight is 309 g/mol. The predicted octanol–water partition coefficient (Wildman–Crippen LogP) is 1.54. The second-order valence-electron chi connectivity index (χ2n) is 5.51. The summed E-state index contributed by atoms with van der Waals surface area (Å²) in [6.45, 7) is 2.07. The van der Waals surface area contributed by atoms with Gasteiger partial charge in [-0.05, 0) is 24.5 Å². The standard InChI is InChI=1S/C15H23N3O4/c1-21-13-5-6-17(12(8-13)9-16)10-11-3-4-15(22-2)14(7-11)18(19)20/h3-4,7,12-13H,5-6,8-10,16H2,1-2H3. The van der Waals surface area contributed by atoms with E-state index in [4.69, 9.17) is 15.2 Å². The fourth-order valence-electron chi connectivity index (χ4n) is 2.94. The van der Waals surface area contributed by atoms with Gasteiger partial charge in [0.15, 0.2) is 5.75 Å². The maximum Gasteiger partial charge on any atom is 0.311 e. The molecule has 0 radical (unpaired) electrons. The van der Waals surface area contributed by atoms with Crippen molar-refractivity contribution in [1.82, 2.24) is 4.90 Å². The summed E-state index contributed by atoms with van der Waals surface area (Å²) in [6.07, 6.45) is 2.09. The van der Waals surface area contributed by atoms with Gasteiger partial charge in [0.05, 0.1) is 18.1 Å². The van der Waals surface area contributed by atoms with Crippen molar-refractivity contribution in [2.45, 2.75) is 31.5 Å². The molecule has 2 N–H and O–H groups in total. The highest BCUT2D eigenvalue weighted by Crippen LogP contribution is 2.29. The molecule has 0 saturated carbocycles. The summed E-state index contributed by atoms with van der Waals surface area (Å²) in [6, 6.07) is 5.32. The van der Waals surface area contributed by atoms with Crippen LogP contribution in [0.1, 0.15) is 18.4 Å². The van der Waals surface area contributed by atoms with Gasteiger partial charge in [-0.1, -0.05) is 6.07 Å². The lowest BCUT2D eigenvalue weighted by molar-refractivity contribution is -0.385. The fraction of sp³-hybridized carbons (Fsp3) is 0.600. The number of nitrogens with zero attached hydrogens (tertiary/aromatic N) is 2. The molecule has 1 aromatic carbocycles. The Morgan fingerprint density at radius 2 is 2.23 bits per heavy atom. The second-order valence-corrected chi connectivity index (χ2v) is 5.51. The quantitative estimate of drug-likeness (QED) is 0.633. The predicted molar refractivity (Wildman–Crippen MR) is 82.9 cm³/mol. The van der Waals surface area contributed by atoms with Crippen LogP contribution in [0.3, 0.4) is 0 Å². The lowest BCUT2D eigenvalue weighted by Crippen LogP contribution is -2.47. The third kappa shape index (κ3) is 3.73. The molecule has 1 fully saturated rings. The van der Waals surface area contributed by atoms with E-state index in [1.165, 1.54) is 7.11 Å². The van der Waals surface area contributed by atoms with Crippen LogP contribution in [-0.4, -0.2) is 49.3 Å². The molecule has 7 nitrogen and oxygen atoms in total. The molecule has 2 atom stereocenters. The maximum atomic E-state index is 11.1. The Balaban J connectivity index is 2.13. The first-order chi connectivity index (χ1) is 10.6. The number of piperidine rings is 1. The van der Waals surface area contributed by atoms with Gasteiger partial charge in [0.2, 0.25) is 0 Å². The summed E-state index contributed by atoms with van der Waals surface area (Å²) in [5.41, 5.74) is 6.75. The van der Waals surface area contributed by atoms with Gasteiger partial charge in [-0.2, -0.15) is 0 Å². The van der Waals surface area contributed by atoms with E-state index >= 15 is 0 Å². The first kappa shape index (κ1) is 16.7. The minimum atomic E-state index is -0.417. The van der Waals surface area contributed by atoms with Crippen molar-refractivity contribution in [2.24, 2.45) is 5.73 Å². The normalized spacial score (nSPS) is 22.5. The van der Waals surface area contributed by atoms with Crippen LogP contribution in [0.15, 0.2) is 18.2 Å². The van der Waals surface area contributed by atoms with Crippen molar-refractivity contribution in [1.29, 1.82) is 0 Å². The number of nitro groups is 1. The summed E-state index contributed by atoms with van der Waals surface area (Å²) in [5.74, 6) is 0.280. The third-order valence-corrected chi connectivity index (χ3v) is 4.22. The Labute approximate surface area is 130 Å². The summed E-state index contributed by atoms with van der Waals surface area (Å²) in [7, 11) is 3.16. The zero-order valence-electron chi connectivity index (χ0n) is 13.0. The van der Waals surface area contributed by atoms with Gasteiger partial charge in [0.1, 0.15) is 0 Å². The van der Waals surface area contributed by atoms with Crippen LogP contribution in [0.5, 0.6) is 5.75 Å². The number of likely N-dealkylation sites (tertiary alicyclic amines) is 1. The summed E-state index contributed by atoms with van der Waals surface area (Å²) >= 11 is 0. The largest absolute Gasteiger partial charge is 0.490 e. The SMILES string of the molecule is COc1ccc(CN2CCC(OC)CC2CN)cc1[N+](=O)[O-]. The highest BCUT2D eigenvalue weighted by molar-refractivity contribution is 5.48.